The smallest absolute Gasteiger partial charge is 0.163 e. The summed E-state index contributed by atoms with van der Waals surface area (Å²) in [5.74, 6) is -0.182. The van der Waals surface area contributed by atoms with Gasteiger partial charge in [-0.3, -0.25) is 14.6 Å². The number of carbonyl (C=O) groups is 2. The van der Waals surface area contributed by atoms with E-state index in [2.05, 4.69) is 4.98 Å². The highest BCUT2D eigenvalue weighted by Crippen LogP contribution is 2.28. The number of Topliss-reactive ketones (excluding diaryl/α,β-unsaturated/α-hetero) is 2. The highest BCUT2D eigenvalue weighted by atomic mass is 16.1. The molecule has 0 bridgehead atoms. The first-order chi connectivity index (χ1) is 16.2. The number of rotatable bonds is 7. The van der Waals surface area contributed by atoms with Crippen molar-refractivity contribution >= 4 is 33.1 Å². The van der Waals surface area contributed by atoms with Gasteiger partial charge in [-0.25, -0.2) is 0 Å². The third-order valence-corrected chi connectivity index (χ3v) is 6.16. The predicted octanol–water partition coefficient (Wildman–Crippen LogP) is 7.02. The fourth-order valence-corrected chi connectivity index (χ4v) is 4.33. The molecular weight excluding hydrogens is 406 g/mol. The van der Waals surface area contributed by atoms with Gasteiger partial charge in [0.15, 0.2) is 11.6 Å². The van der Waals surface area contributed by atoms with Gasteiger partial charge in [0, 0.05) is 36.4 Å². The van der Waals surface area contributed by atoms with E-state index in [1.165, 1.54) is 0 Å². The molecule has 0 radical (unpaired) electrons. The van der Waals surface area contributed by atoms with E-state index in [1.54, 1.807) is 12.4 Å². The fourth-order valence-electron chi connectivity index (χ4n) is 4.33. The summed E-state index contributed by atoms with van der Waals surface area (Å²) in [7, 11) is 0. The summed E-state index contributed by atoms with van der Waals surface area (Å²) >= 11 is 0. The number of benzene rings is 4. The number of carbonyl (C=O) groups excluding carboxylic acids is 2. The van der Waals surface area contributed by atoms with E-state index in [0.717, 1.165) is 27.1 Å². The number of hydrogen-bond acceptors (Lipinski definition) is 3. The van der Waals surface area contributed by atoms with E-state index >= 15 is 0 Å². The largest absolute Gasteiger partial charge is 0.294 e. The molecule has 160 valence electrons. The number of hydrogen-bond donors (Lipinski definition) is 0. The minimum Gasteiger partial charge on any atom is -0.294 e. The van der Waals surface area contributed by atoms with Gasteiger partial charge in [-0.1, -0.05) is 78.9 Å². The number of pyridine rings is 1. The summed E-state index contributed by atoms with van der Waals surface area (Å²) in [5.41, 5.74) is 2.24. The van der Waals surface area contributed by atoms with E-state index in [0.29, 0.717) is 11.1 Å². The Bertz CT molecular complexity index is 1360. The second-order valence-corrected chi connectivity index (χ2v) is 8.36. The molecule has 0 N–H and O–H groups in total. The van der Waals surface area contributed by atoms with E-state index in [9.17, 15) is 9.59 Å². The lowest BCUT2D eigenvalue weighted by atomic mass is 9.86. The molecule has 33 heavy (non-hydrogen) atoms. The molecule has 0 amide bonds. The third kappa shape index (κ3) is 4.58. The third-order valence-electron chi connectivity index (χ3n) is 6.16. The van der Waals surface area contributed by atoms with Gasteiger partial charge in [-0.15, -0.1) is 0 Å². The maximum absolute atomic E-state index is 13.2. The van der Waals surface area contributed by atoms with Crippen LogP contribution in [0.4, 0.5) is 0 Å². The Morgan fingerprint density at radius 3 is 1.61 bits per heavy atom. The van der Waals surface area contributed by atoms with Crippen LogP contribution in [0.25, 0.3) is 21.5 Å². The standard InChI is InChI=1S/C30H23NO2/c32-29(25-13-11-21-6-1-3-8-23(21)16-25)18-28(27-10-5-15-31-20-27)19-30(33)26-14-12-22-7-2-4-9-24(22)17-26/h1-17,20,28H,18-19H2. The van der Waals surface area contributed by atoms with E-state index in [4.69, 9.17) is 0 Å². The van der Waals surface area contributed by atoms with Gasteiger partial charge in [-0.05, 0) is 51.2 Å². The zero-order valence-electron chi connectivity index (χ0n) is 18.1. The van der Waals surface area contributed by atoms with Crippen molar-refractivity contribution in [3.8, 4) is 0 Å². The maximum Gasteiger partial charge on any atom is 0.163 e. The molecule has 0 aliphatic heterocycles. The van der Waals surface area contributed by atoms with Crippen LogP contribution in [-0.2, 0) is 0 Å². The summed E-state index contributed by atoms with van der Waals surface area (Å²) in [6, 6.07) is 31.3. The lowest BCUT2D eigenvalue weighted by molar-refractivity contribution is 0.0944. The number of aromatic nitrogens is 1. The zero-order valence-corrected chi connectivity index (χ0v) is 18.1. The number of ketones is 2. The van der Waals surface area contributed by atoms with Crippen LogP contribution >= 0.6 is 0 Å². The fraction of sp³-hybridized carbons (Fsp3) is 0.100. The highest BCUT2D eigenvalue weighted by Gasteiger charge is 2.22. The molecule has 5 aromatic rings. The van der Waals surface area contributed by atoms with Crippen molar-refractivity contribution in [3.63, 3.8) is 0 Å². The molecule has 1 aromatic heterocycles. The van der Waals surface area contributed by atoms with Gasteiger partial charge in [0.1, 0.15) is 0 Å². The predicted molar refractivity (Wildman–Crippen MR) is 133 cm³/mol. The molecule has 3 nitrogen and oxygen atoms in total. The summed E-state index contributed by atoms with van der Waals surface area (Å²) in [5, 5.41) is 4.27. The van der Waals surface area contributed by atoms with Gasteiger partial charge >= 0.3 is 0 Å². The molecule has 0 atom stereocenters. The quantitative estimate of drug-likeness (QED) is 0.261. The molecule has 4 aromatic carbocycles. The van der Waals surface area contributed by atoms with Crippen LogP contribution in [0.1, 0.15) is 45.0 Å². The Balaban J connectivity index is 1.41. The second-order valence-electron chi connectivity index (χ2n) is 8.36. The molecular formula is C30H23NO2. The van der Waals surface area contributed by atoms with Gasteiger partial charge < -0.3 is 0 Å². The van der Waals surface area contributed by atoms with Gasteiger partial charge in [0.05, 0.1) is 0 Å². The summed E-state index contributed by atoms with van der Waals surface area (Å²) < 4.78 is 0. The summed E-state index contributed by atoms with van der Waals surface area (Å²) in [6.07, 6.45) is 3.97. The Morgan fingerprint density at radius 2 is 1.12 bits per heavy atom. The first kappa shape index (κ1) is 20.8. The summed E-state index contributed by atoms with van der Waals surface area (Å²) in [6.45, 7) is 0. The van der Waals surface area contributed by atoms with E-state index in [1.807, 2.05) is 97.1 Å². The molecule has 0 saturated carbocycles. The van der Waals surface area contributed by atoms with Crippen LogP contribution in [-0.4, -0.2) is 16.6 Å². The van der Waals surface area contributed by atoms with Crippen LogP contribution in [0, 0.1) is 0 Å². The van der Waals surface area contributed by atoms with Gasteiger partial charge in [0.2, 0.25) is 0 Å². The molecule has 0 aliphatic rings. The van der Waals surface area contributed by atoms with Crippen LogP contribution in [0.3, 0.4) is 0 Å². The first-order valence-electron chi connectivity index (χ1n) is 11.1. The molecule has 3 heteroatoms. The Hall–Kier alpha value is -4.11. The van der Waals surface area contributed by atoms with Crippen molar-refractivity contribution in [2.24, 2.45) is 0 Å². The Kier molecular flexibility index (Phi) is 5.77. The molecule has 0 unspecified atom stereocenters. The van der Waals surface area contributed by atoms with Crippen molar-refractivity contribution in [2.45, 2.75) is 18.8 Å². The lowest BCUT2D eigenvalue weighted by Crippen LogP contribution is -2.13. The Morgan fingerprint density at radius 1 is 0.606 bits per heavy atom. The van der Waals surface area contributed by atoms with Crippen molar-refractivity contribution in [2.75, 3.05) is 0 Å². The molecule has 0 saturated heterocycles. The van der Waals surface area contributed by atoms with Crippen LogP contribution in [0.2, 0.25) is 0 Å². The average molecular weight is 430 g/mol. The minimum atomic E-state index is -0.239. The van der Waals surface area contributed by atoms with Crippen LogP contribution in [0.5, 0.6) is 0 Å². The van der Waals surface area contributed by atoms with E-state index < -0.39 is 0 Å². The van der Waals surface area contributed by atoms with Crippen molar-refractivity contribution < 1.29 is 9.59 Å². The zero-order chi connectivity index (χ0) is 22.6. The number of nitrogens with zero attached hydrogens (tertiary/aromatic N) is 1. The molecule has 0 aliphatic carbocycles. The summed E-state index contributed by atoms with van der Waals surface area (Å²) in [4.78, 5) is 30.7. The molecule has 1 heterocycles. The van der Waals surface area contributed by atoms with Crippen LogP contribution in [0.15, 0.2) is 109 Å². The lowest BCUT2D eigenvalue weighted by Gasteiger charge is -2.16. The SMILES string of the molecule is O=C(CC(CC(=O)c1ccc2ccccc2c1)c1cccnc1)c1ccc2ccccc2c1. The van der Waals surface area contributed by atoms with Crippen molar-refractivity contribution in [1.29, 1.82) is 0 Å². The van der Waals surface area contributed by atoms with Gasteiger partial charge in [-0.2, -0.15) is 0 Å². The topological polar surface area (TPSA) is 47.0 Å². The van der Waals surface area contributed by atoms with Gasteiger partial charge in [0.25, 0.3) is 0 Å². The molecule has 5 rings (SSSR count). The number of fused-ring (bicyclic) bond motifs is 2. The highest BCUT2D eigenvalue weighted by molar-refractivity contribution is 6.02. The monoisotopic (exact) mass is 429 g/mol. The van der Waals surface area contributed by atoms with Crippen LogP contribution < -0.4 is 0 Å². The van der Waals surface area contributed by atoms with Crippen molar-refractivity contribution in [1.82, 2.24) is 4.98 Å². The minimum absolute atomic E-state index is 0.0286. The second kappa shape index (κ2) is 9.17. The first-order valence-corrected chi connectivity index (χ1v) is 11.1. The van der Waals surface area contributed by atoms with Crippen molar-refractivity contribution in [3.05, 3.63) is 126 Å². The Labute approximate surface area is 192 Å². The maximum atomic E-state index is 13.2. The molecule has 0 spiro atoms. The normalized spacial score (nSPS) is 11.2. The average Bonchev–Trinajstić information content (AvgIpc) is 2.88. The molecule has 0 fully saturated rings. The van der Waals surface area contributed by atoms with E-state index in [-0.39, 0.29) is 30.3 Å².